The number of nitrogens with zero attached hydrogens (tertiary/aromatic N) is 4. The maximum Gasteiger partial charge on any atom is 0.332 e. The molecule has 1 N–H and O–H groups in total. The summed E-state index contributed by atoms with van der Waals surface area (Å²) in [7, 11) is 1.85. The summed E-state index contributed by atoms with van der Waals surface area (Å²) >= 11 is 0. The van der Waals surface area contributed by atoms with Crippen LogP contribution < -0.4 is 16.6 Å². The second-order valence-corrected chi connectivity index (χ2v) is 5.85. The topological polar surface area (TPSA) is 73.8 Å². The number of fused-ring (bicyclic) bond motifs is 1. The van der Waals surface area contributed by atoms with Crippen molar-refractivity contribution in [3.8, 4) is 0 Å². The largest absolute Gasteiger partial charge is 0.332 e. The van der Waals surface area contributed by atoms with E-state index in [9.17, 15) is 9.59 Å². The third kappa shape index (κ3) is 2.20. The Hall–Kier alpha value is -1.89. The Balaban J connectivity index is 2.25. The summed E-state index contributed by atoms with van der Waals surface area (Å²) in [5, 5.41) is 3.35. The van der Waals surface area contributed by atoms with E-state index in [-0.39, 0.29) is 17.3 Å². The Morgan fingerprint density at radius 2 is 2.05 bits per heavy atom. The number of rotatable bonds is 4. The molecule has 0 aliphatic carbocycles. The second kappa shape index (κ2) is 5.72. The van der Waals surface area contributed by atoms with Crippen molar-refractivity contribution in [1.29, 1.82) is 0 Å². The van der Waals surface area contributed by atoms with E-state index in [1.54, 1.807) is 4.57 Å². The fourth-order valence-corrected chi connectivity index (χ4v) is 3.30. The van der Waals surface area contributed by atoms with Gasteiger partial charge in [-0.3, -0.25) is 13.9 Å². The van der Waals surface area contributed by atoms with Crippen molar-refractivity contribution < 1.29 is 0 Å². The van der Waals surface area contributed by atoms with Crippen molar-refractivity contribution >= 4 is 11.2 Å². The Kier molecular flexibility index (Phi) is 3.90. The standard InChI is InChI=1S/C15H23N5O2/c1-4-11-17-13-12(18(11)3)14(21)20(15(22)19(13)5-2)9-10-7-6-8-16-10/h10,16H,4-9H2,1-3H3. The smallest absolute Gasteiger partial charge is 0.325 e. The molecular formula is C15H23N5O2. The summed E-state index contributed by atoms with van der Waals surface area (Å²) in [5.74, 6) is 0.824. The minimum Gasteiger partial charge on any atom is -0.325 e. The number of hydrogen-bond acceptors (Lipinski definition) is 4. The van der Waals surface area contributed by atoms with Gasteiger partial charge in [0.2, 0.25) is 0 Å². The van der Waals surface area contributed by atoms with Crippen LogP contribution in [-0.4, -0.2) is 31.3 Å². The van der Waals surface area contributed by atoms with E-state index in [0.717, 1.165) is 31.6 Å². The fourth-order valence-electron chi connectivity index (χ4n) is 3.30. The van der Waals surface area contributed by atoms with E-state index < -0.39 is 0 Å². The van der Waals surface area contributed by atoms with Gasteiger partial charge in [-0.05, 0) is 26.3 Å². The Morgan fingerprint density at radius 1 is 1.27 bits per heavy atom. The summed E-state index contributed by atoms with van der Waals surface area (Å²) < 4.78 is 4.79. The molecule has 0 saturated carbocycles. The predicted molar refractivity (Wildman–Crippen MR) is 85.3 cm³/mol. The fraction of sp³-hybridized carbons (Fsp3) is 0.667. The van der Waals surface area contributed by atoms with Crippen LogP contribution in [0.25, 0.3) is 11.2 Å². The van der Waals surface area contributed by atoms with Crippen LogP contribution in [-0.2, 0) is 26.6 Å². The van der Waals surface area contributed by atoms with Crippen molar-refractivity contribution in [3.63, 3.8) is 0 Å². The molecule has 1 fully saturated rings. The van der Waals surface area contributed by atoms with Gasteiger partial charge >= 0.3 is 5.69 Å². The lowest BCUT2D eigenvalue weighted by molar-refractivity contribution is 0.472. The van der Waals surface area contributed by atoms with Crippen molar-refractivity contribution in [2.24, 2.45) is 7.05 Å². The van der Waals surface area contributed by atoms with Crippen molar-refractivity contribution in [2.45, 2.75) is 52.2 Å². The molecule has 7 nitrogen and oxygen atoms in total. The third-order valence-corrected chi connectivity index (χ3v) is 4.53. The second-order valence-electron chi connectivity index (χ2n) is 5.85. The molecule has 1 saturated heterocycles. The van der Waals surface area contributed by atoms with Gasteiger partial charge in [-0.2, -0.15) is 0 Å². The van der Waals surface area contributed by atoms with E-state index in [1.807, 2.05) is 25.5 Å². The van der Waals surface area contributed by atoms with Crippen molar-refractivity contribution in [2.75, 3.05) is 6.54 Å². The Labute approximate surface area is 128 Å². The molecule has 0 bridgehead atoms. The molecule has 22 heavy (non-hydrogen) atoms. The van der Waals surface area contributed by atoms with Gasteiger partial charge in [-0.1, -0.05) is 6.92 Å². The molecule has 120 valence electrons. The molecule has 2 aromatic heterocycles. The van der Waals surface area contributed by atoms with Gasteiger partial charge in [-0.15, -0.1) is 0 Å². The maximum absolute atomic E-state index is 12.8. The molecule has 0 aromatic carbocycles. The number of hydrogen-bond donors (Lipinski definition) is 1. The Morgan fingerprint density at radius 3 is 2.64 bits per heavy atom. The first-order chi connectivity index (χ1) is 10.6. The third-order valence-electron chi connectivity index (χ3n) is 4.53. The van der Waals surface area contributed by atoms with Crippen LogP contribution in [0, 0.1) is 0 Å². The monoisotopic (exact) mass is 305 g/mol. The zero-order chi connectivity index (χ0) is 15.9. The predicted octanol–water partition coefficient (Wildman–Crippen LogP) is 0.231. The molecule has 1 unspecified atom stereocenters. The first-order valence-electron chi connectivity index (χ1n) is 8.00. The highest BCUT2D eigenvalue weighted by molar-refractivity contribution is 5.71. The highest BCUT2D eigenvalue weighted by Crippen LogP contribution is 2.11. The SMILES string of the molecule is CCc1nc2c(c(=O)n(CC3CCCN3)c(=O)n2CC)n1C. The van der Waals surface area contributed by atoms with Crippen LogP contribution in [0.2, 0.25) is 0 Å². The van der Waals surface area contributed by atoms with Crippen molar-refractivity contribution in [1.82, 2.24) is 24.0 Å². The van der Waals surface area contributed by atoms with Crippen LogP contribution >= 0.6 is 0 Å². The lowest BCUT2D eigenvalue weighted by Crippen LogP contribution is -2.44. The Bertz CT molecular complexity index is 808. The minimum atomic E-state index is -0.255. The number of imidazole rings is 1. The van der Waals surface area contributed by atoms with Crippen LogP contribution in [0.5, 0.6) is 0 Å². The molecule has 1 aliphatic rings. The molecule has 0 amide bonds. The van der Waals surface area contributed by atoms with Crippen molar-refractivity contribution in [3.05, 3.63) is 26.7 Å². The van der Waals surface area contributed by atoms with E-state index >= 15 is 0 Å². The van der Waals surface area contributed by atoms with Gasteiger partial charge < -0.3 is 9.88 Å². The molecule has 2 aromatic rings. The van der Waals surface area contributed by atoms with Gasteiger partial charge in [0.1, 0.15) is 5.82 Å². The number of aromatic nitrogens is 4. The summed E-state index contributed by atoms with van der Waals surface area (Å²) in [5.41, 5.74) is 0.548. The normalized spacial score (nSPS) is 18.4. The minimum absolute atomic E-state index is 0.201. The summed E-state index contributed by atoms with van der Waals surface area (Å²) in [6.07, 6.45) is 2.82. The number of nitrogens with one attached hydrogen (secondary N) is 1. The quantitative estimate of drug-likeness (QED) is 0.877. The lowest BCUT2D eigenvalue weighted by Gasteiger charge is -2.14. The molecule has 7 heteroatoms. The van der Waals surface area contributed by atoms with Gasteiger partial charge in [0, 0.05) is 32.6 Å². The van der Waals surface area contributed by atoms with E-state index in [4.69, 9.17) is 0 Å². The molecular weight excluding hydrogens is 282 g/mol. The van der Waals surface area contributed by atoms with E-state index in [0.29, 0.717) is 24.3 Å². The van der Waals surface area contributed by atoms with Crippen LogP contribution in [0.1, 0.15) is 32.5 Å². The maximum atomic E-state index is 12.8. The van der Waals surface area contributed by atoms with Crippen LogP contribution in [0.4, 0.5) is 0 Å². The first kappa shape index (κ1) is 15.0. The zero-order valence-electron chi connectivity index (χ0n) is 13.4. The number of aryl methyl sites for hydroxylation is 3. The zero-order valence-corrected chi connectivity index (χ0v) is 13.4. The summed E-state index contributed by atoms with van der Waals surface area (Å²) in [6, 6.07) is 0.201. The molecule has 1 atom stereocenters. The van der Waals surface area contributed by atoms with Gasteiger partial charge in [0.15, 0.2) is 11.2 Å². The molecule has 3 heterocycles. The van der Waals surface area contributed by atoms with Gasteiger partial charge in [0.25, 0.3) is 5.56 Å². The molecule has 0 radical (unpaired) electrons. The summed E-state index contributed by atoms with van der Waals surface area (Å²) in [6.45, 7) is 5.80. The van der Waals surface area contributed by atoms with Gasteiger partial charge in [0.05, 0.1) is 0 Å². The average molecular weight is 305 g/mol. The highest BCUT2D eigenvalue weighted by Gasteiger charge is 2.22. The van der Waals surface area contributed by atoms with E-state index in [2.05, 4.69) is 10.3 Å². The lowest BCUT2D eigenvalue weighted by atomic mass is 10.2. The van der Waals surface area contributed by atoms with Gasteiger partial charge in [-0.25, -0.2) is 9.78 Å². The molecule has 3 rings (SSSR count). The van der Waals surface area contributed by atoms with E-state index in [1.165, 1.54) is 4.57 Å². The highest BCUT2D eigenvalue weighted by atomic mass is 16.2. The van der Waals surface area contributed by atoms with Crippen LogP contribution in [0.15, 0.2) is 9.59 Å². The average Bonchev–Trinajstić information content (AvgIpc) is 3.12. The first-order valence-corrected chi connectivity index (χ1v) is 8.00. The van der Waals surface area contributed by atoms with Crippen LogP contribution in [0.3, 0.4) is 0 Å². The molecule has 1 aliphatic heterocycles. The molecule has 0 spiro atoms. The summed E-state index contributed by atoms with van der Waals surface area (Å²) in [4.78, 5) is 30.0.